The highest BCUT2D eigenvalue weighted by Gasteiger charge is 2.23. The average Bonchev–Trinajstić information content (AvgIpc) is 2.99. The molecule has 0 spiro atoms. The quantitative estimate of drug-likeness (QED) is 0.899. The van der Waals surface area contributed by atoms with Crippen molar-refractivity contribution in [2.45, 2.75) is 18.6 Å². The van der Waals surface area contributed by atoms with Crippen molar-refractivity contribution in [1.82, 2.24) is 4.90 Å². The molecule has 2 aromatic rings. The summed E-state index contributed by atoms with van der Waals surface area (Å²) in [5.41, 5.74) is 1.38. The predicted octanol–water partition coefficient (Wildman–Crippen LogP) is 4.03. The van der Waals surface area contributed by atoms with Crippen LogP contribution >= 0.6 is 23.1 Å². The molecule has 1 saturated heterocycles. The van der Waals surface area contributed by atoms with Gasteiger partial charge in [-0.25, -0.2) is 0 Å². The lowest BCUT2D eigenvalue weighted by Gasteiger charge is -2.20. The van der Waals surface area contributed by atoms with Crippen LogP contribution in [0.5, 0.6) is 0 Å². The van der Waals surface area contributed by atoms with Gasteiger partial charge in [0.25, 0.3) is 5.91 Å². The molecule has 6 heteroatoms. The number of rotatable bonds is 3. The topological polar surface area (TPSA) is 49.4 Å². The molecule has 0 aliphatic carbocycles. The third-order valence-electron chi connectivity index (χ3n) is 3.94. The van der Waals surface area contributed by atoms with Crippen molar-refractivity contribution in [2.75, 3.05) is 24.2 Å². The molecule has 2 heterocycles. The van der Waals surface area contributed by atoms with Gasteiger partial charge in [-0.3, -0.25) is 9.59 Å². The Bertz CT molecular complexity index is 698. The Labute approximate surface area is 150 Å². The molecular weight excluding hydrogens is 340 g/mol. The average molecular weight is 361 g/mol. The van der Waals surface area contributed by atoms with Crippen LogP contribution in [0.1, 0.15) is 33.8 Å². The molecule has 1 unspecified atom stereocenters. The standard InChI is InChI=1S/C18H20N2O2S2/c1-13(21)19-15-6-4-14(5-7-15)18(22)20-9-8-17(24-12-10-20)16-3-2-11-23-16/h2-7,11,17H,8-10,12H2,1H3,(H,19,21). The van der Waals surface area contributed by atoms with Crippen LogP contribution < -0.4 is 5.32 Å². The summed E-state index contributed by atoms with van der Waals surface area (Å²) >= 11 is 3.73. The van der Waals surface area contributed by atoms with Crippen molar-refractivity contribution in [3.63, 3.8) is 0 Å². The molecule has 3 rings (SSSR count). The minimum Gasteiger partial charge on any atom is -0.338 e. The number of benzene rings is 1. The molecule has 24 heavy (non-hydrogen) atoms. The van der Waals surface area contributed by atoms with Crippen molar-refractivity contribution in [2.24, 2.45) is 0 Å². The summed E-state index contributed by atoms with van der Waals surface area (Å²) in [5.74, 6) is 0.910. The van der Waals surface area contributed by atoms with Gasteiger partial charge in [-0.1, -0.05) is 6.07 Å². The first kappa shape index (κ1) is 17.0. The number of anilines is 1. The Morgan fingerprint density at radius 1 is 1.17 bits per heavy atom. The van der Waals surface area contributed by atoms with Crippen LogP contribution in [0, 0.1) is 0 Å². The normalized spacial score (nSPS) is 18.0. The van der Waals surface area contributed by atoms with Gasteiger partial charge in [0.1, 0.15) is 0 Å². The van der Waals surface area contributed by atoms with E-state index in [1.54, 1.807) is 35.6 Å². The zero-order valence-corrected chi connectivity index (χ0v) is 15.2. The van der Waals surface area contributed by atoms with Gasteiger partial charge in [0.2, 0.25) is 5.91 Å². The molecule has 2 amide bonds. The summed E-state index contributed by atoms with van der Waals surface area (Å²) in [5, 5.41) is 5.32. The predicted molar refractivity (Wildman–Crippen MR) is 101 cm³/mol. The van der Waals surface area contributed by atoms with E-state index in [1.807, 2.05) is 16.7 Å². The maximum Gasteiger partial charge on any atom is 0.253 e. The van der Waals surface area contributed by atoms with Crippen LogP contribution in [-0.4, -0.2) is 35.6 Å². The van der Waals surface area contributed by atoms with E-state index in [4.69, 9.17) is 0 Å². The van der Waals surface area contributed by atoms with Crippen LogP contribution in [0.25, 0.3) is 0 Å². The molecular formula is C18H20N2O2S2. The Morgan fingerprint density at radius 2 is 1.96 bits per heavy atom. The molecule has 0 radical (unpaired) electrons. The first-order chi connectivity index (χ1) is 11.6. The van der Waals surface area contributed by atoms with Crippen molar-refractivity contribution in [3.8, 4) is 0 Å². The molecule has 0 bridgehead atoms. The highest BCUT2D eigenvalue weighted by Crippen LogP contribution is 2.36. The monoisotopic (exact) mass is 360 g/mol. The van der Waals surface area contributed by atoms with E-state index in [-0.39, 0.29) is 11.8 Å². The van der Waals surface area contributed by atoms with Crippen molar-refractivity contribution >= 4 is 40.6 Å². The lowest BCUT2D eigenvalue weighted by molar-refractivity contribution is -0.114. The van der Waals surface area contributed by atoms with Crippen LogP contribution in [0.2, 0.25) is 0 Å². The Hall–Kier alpha value is -1.79. The van der Waals surface area contributed by atoms with Crippen molar-refractivity contribution in [3.05, 3.63) is 52.2 Å². The first-order valence-corrected chi connectivity index (χ1v) is 9.88. The zero-order valence-electron chi connectivity index (χ0n) is 13.5. The third-order valence-corrected chi connectivity index (χ3v) is 6.39. The van der Waals surface area contributed by atoms with Crippen LogP contribution in [-0.2, 0) is 4.79 Å². The maximum atomic E-state index is 12.7. The minimum atomic E-state index is -0.113. The van der Waals surface area contributed by atoms with E-state index in [0.717, 1.165) is 25.3 Å². The van der Waals surface area contributed by atoms with E-state index >= 15 is 0 Å². The molecule has 4 nitrogen and oxygen atoms in total. The largest absolute Gasteiger partial charge is 0.338 e. The number of nitrogens with one attached hydrogen (secondary N) is 1. The number of amides is 2. The smallest absolute Gasteiger partial charge is 0.253 e. The van der Waals surface area contributed by atoms with E-state index in [0.29, 0.717) is 16.5 Å². The molecule has 126 valence electrons. The van der Waals surface area contributed by atoms with Gasteiger partial charge >= 0.3 is 0 Å². The van der Waals surface area contributed by atoms with Crippen LogP contribution in [0.4, 0.5) is 5.69 Å². The second-order valence-electron chi connectivity index (χ2n) is 5.71. The highest BCUT2D eigenvalue weighted by atomic mass is 32.2. The van der Waals surface area contributed by atoms with Gasteiger partial charge in [-0.2, -0.15) is 11.8 Å². The second-order valence-corrected chi connectivity index (χ2v) is 8.00. The van der Waals surface area contributed by atoms with Crippen LogP contribution in [0.3, 0.4) is 0 Å². The molecule has 1 atom stereocenters. The fraction of sp³-hybridized carbons (Fsp3) is 0.333. The van der Waals surface area contributed by atoms with Gasteiger partial charge in [-0.05, 0) is 42.1 Å². The SMILES string of the molecule is CC(=O)Nc1ccc(C(=O)N2CCSC(c3cccs3)CC2)cc1. The van der Waals surface area contributed by atoms with Crippen LogP contribution in [0.15, 0.2) is 41.8 Å². The zero-order chi connectivity index (χ0) is 16.9. The van der Waals surface area contributed by atoms with Crippen molar-refractivity contribution < 1.29 is 9.59 Å². The maximum absolute atomic E-state index is 12.7. The molecule has 1 aliphatic heterocycles. The minimum absolute atomic E-state index is 0.0665. The molecule has 1 N–H and O–H groups in total. The lowest BCUT2D eigenvalue weighted by atomic mass is 10.1. The molecule has 0 saturated carbocycles. The fourth-order valence-corrected chi connectivity index (χ4v) is 4.99. The van der Waals surface area contributed by atoms with Crippen molar-refractivity contribution in [1.29, 1.82) is 0 Å². The summed E-state index contributed by atoms with van der Waals surface area (Å²) in [6.45, 7) is 3.03. The Kier molecular flexibility index (Phi) is 5.58. The van der Waals surface area contributed by atoms with E-state index in [2.05, 4.69) is 22.8 Å². The summed E-state index contributed by atoms with van der Waals surface area (Å²) < 4.78 is 0. The van der Waals surface area contributed by atoms with Gasteiger partial charge < -0.3 is 10.2 Å². The number of thiophene rings is 1. The summed E-state index contributed by atoms with van der Waals surface area (Å²) in [6.07, 6.45) is 0.987. The number of hydrogen-bond acceptors (Lipinski definition) is 4. The number of carbonyl (C=O) groups excluding carboxylic acids is 2. The highest BCUT2D eigenvalue weighted by molar-refractivity contribution is 7.99. The molecule has 1 aromatic carbocycles. The van der Waals surface area contributed by atoms with Gasteiger partial charge in [0.15, 0.2) is 0 Å². The number of thioether (sulfide) groups is 1. The van der Waals surface area contributed by atoms with Gasteiger partial charge in [-0.15, -0.1) is 11.3 Å². The third kappa shape index (κ3) is 4.19. The second kappa shape index (κ2) is 7.85. The summed E-state index contributed by atoms with van der Waals surface area (Å²) in [6, 6.07) is 11.4. The number of nitrogens with zero attached hydrogens (tertiary/aromatic N) is 1. The number of hydrogen-bond donors (Lipinski definition) is 1. The Balaban J connectivity index is 1.63. The van der Waals surface area contributed by atoms with E-state index < -0.39 is 0 Å². The van der Waals surface area contributed by atoms with E-state index in [9.17, 15) is 9.59 Å². The van der Waals surface area contributed by atoms with Gasteiger partial charge in [0, 0.05) is 47.1 Å². The summed E-state index contributed by atoms with van der Waals surface area (Å²) in [4.78, 5) is 27.1. The lowest BCUT2D eigenvalue weighted by Crippen LogP contribution is -2.32. The van der Waals surface area contributed by atoms with E-state index in [1.165, 1.54) is 11.8 Å². The summed E-state index contributed by atoms with van der Waals surface area (Å²) in [7, 11) is 0. The molecule has 1 aromatic heterocycles. The number of carbonyl (C=O) groups is 2. The Morgan fingerprint density at radius 3 is 2.62 bits per heavy atom. The molecule has 1 aliphatic rings. The molecule has 1 fully saturated rings. The fourth-order valence-electron chi connectivity index (χ4n) is 2.76. The van der Waals surface area contributed by atoms with Gasteiger partial charge in [0.05, 0.1) is 0 Å². The first-order valence-electron chi connectivity index (χ1n) is 7.95.